The van der Waals surface area contributed by atoms with Crippen LogP contribution < -0.4 is 9.64 Å². The molecule has 0 aromatic heterocycles. The molecule has 2 aromatic carbocycles. The van der Waals surface area contributed by atoms with E-state index in [4.69, 9.17) is 21.1 Å². The predicted octanol–water partition coefficient (Wildman–Crippen LogP) is 8.99. The van der Waals surface area contributed by atoms with Crippen LogP contribution >= 0.6 is 29.1 Å². The van der Waals surface area contributed by atoms with E-state index in [9.17, 15) is 18.3 Å². The normalized spacial score (nSPS) is 24.4. The van der Waals surface area contributed by atoms with Crippen molar-refractivity contribution in [2.24, 2.45) is 17.8 Å². The molecule has 1 spiro atoms. The Bertz CT molecular complexity index is 1730. The summed E-state index contributed by atoms with van der Waals surface area (Å²) in [5.74, 6) is 0.698. The summed E-state index contributed by atoms with van der Waals surface area (Å²) in [6.45, 7) is 17.3. The van der Waals surface area contributed by atoms with Gasteiger partial charge in [-0.3, -0.25) is 0 Å². The summed E-state index contributed by atoms with van der Waals surface area (Å²) in [6.07, 6.45) is 7.65. The monoisotopic (exact) mass is 792 g/mol. The Balaban J connectivity index is 1.42. The van der Waals surface area contributed by atoms with Crippen molar-refractivity contribution in [1.82, 2.24) is 3.85 Å². The molecule has 4 unspecified atom stereocenters. The molecular weight excluding hydrogens is 734 g/mol. The van der Waals surface area contributed by atoms with Crippen molar-refractivity contribution < 1.29 is 27.8 Å². The summed E-state index contributed by atoms with van der Waals surface area (Å²) < 4.78 is 40.3. The van der Waals surface area contributed by atoms with Crippen LogP contribution in [-0.2, 0) is 26.6 Å². The van der Waals surface area contributed by atoms with Crippen LogP contribution in [0.2, 0.25) is 5.02 Å². The number of aryl methyl sites for hydroxylation is 1. The smallest absolute Gasteiger partial charge is 0.338 e. The lowest BCUT2D eigenvalue weighted by molar-refractivity contribution is 0.00694. The van der Waals surface area contributed by atoms with Crippen LogP contribution in [0.15, 0.2) is 48.0 Å². The number of aliphatic hydroxyl groups is 1. The number of hydrogen-bond acceptors (Lipinski definition) is 7. The van der Waals surface area contributed by atoms with E-state index in [2.05, 4.69) is 37.0 Å². The van der Waals surface area contributed by atoms with E-state index in [1.807, 2.05) is 52.3 Å². The molecule has 1 aliphatic heterocycles. The molecule has 12 heteroatoms. The lowest BCUT2D eigenvalue weighted by Gasteiger charge is -2.46. The number of benzene rings is 2. The third-order valence-electron chi connectivity index (χ3n) is 11.2. The number of carbonyl (C=O) groups is 1. The van der Waals surface area contributed by atoms with Crippen LogP contribution in [0.3, 0.4) is 0 Å². The molecule has 8 atom stereocenters. The van der Waals surface area contributed by atoms with Gasteiger partial charge in [0.25, 0.3) is 0 Å². The molecule has 0 bridgehead atoms. The summed E-state index contributed by atoms with van der Waals surface area (Å²) in [5.41, 5.74) is 4.03. The second kappa shape index (κ2) is 17.0. The first-order valence-corrected chi connectivity index (χ1v) is 23.6. The number of rotatable bonds is 13. The van der Waals surface area contributed by atoms with Gasteiger partial charge in [-0.25, -0.2) is 13.2 Å². The number of hydrogen-bond donors (Lipinski definition) is 1. The summed E-state index contributed by atoms with van der Waals surface area (Å²) in [7, 11) is -2.92. The van der Waals surface area contributed by atoms with Gasteiger partial charge in [0.2, 0.25) is 10.0 Å². The molecular formula is C40H59ClN2O6P2S. The van der Waals surface area contributed by atoms with Gasteiger partial charge in [-0.2, -0.15) is 3.85 Å². The van der Waals surface area contributed by atoms with Gasteiger partial charge in [0.15, 0.2) is 0 Å². The second-order valence-corrected chi connectivity index (χ2v) is 21.6. The third kappa shape index (κ3) is 9.20. The molecule has 3 aliphatic rings. The average molecular weight is 793 g/mol. The lowest BCUT2D eigenvalue weighted by Crippen LogP contribution is -2.49. The number of anilines is 1. The first-order chi connectivity index (χ1) is 24.5. The number of ether oxygens (including phenoxy) is 2. The maximum Gasteiger partial charge on any atom is 0.338 e. The van der Waals surface area contributed by atoms with Crippen LogP contribution in [0.4, 0.5) is 5.69 Å². The van der Waals surface area contributed by atoms with E-state index in [0.29, 0.717) is 31.6 Å². The molecule has 5 rings (SSSR count). The molecule has 1 saturated carbocycles. The van der Waals surface area contributed by atoms with Gasteiger partial charge in [0.05, 0.1) is 29.2 Å². The van der Waals surface area contributed by atoms with Crippen molar-refractivity contribution >= 4 is 50.7 Å². The Labute approximate surface area is 321 Å². The number of carbonyl (C=O) groups excluding carboxylic acids is 1. The Morgan fingerprint density at radius 2 is 1.90 bits per heavy atom. The first-order valence-electron chi connectivity index (χ1n) is 18.8. The molecule has 52 heavy (non-hydrogen) atoms. The largest absolute Gasteiger partial charge is 0.490 e. The van der Waals surface area contributed by atoms with Crippen molar-refractivity contribution in [2.75, 3.05) is 37.9 Å². The minimum Gasteiger partial charge on any atom is -0.490 e. The van der Waals surface area contributed by atoms with E-state index in [-0.39, 0.29) is 46.6 Å². The zero-order chi connectivity index (χ0) is 38.0. The highest BCUT2D eigenvalue weighted by molar-refractivity contribution is 7.97. The molecule has 2 aliphatic carbocycles. The van der Waals surface area contributed by atoms with Crippen molar-refractivity contribution in [2.45, 2.75) is 109 Å². The van der Waals surface area contributed by atoms with Crippen molar-refractivity contribution in [3.63, 3.8) is 0 Å². The molecule has 1 N–H and O–H groups in total. The molecule has 8 nitrogen and oxygen atoms in total. The number of nitrogens with zero attached hydrogens (tertiary/aromatic N) is 2. The minimum absolute atomic E-state index is 0.00997. The molecule has 0 saturated heterocycles. The first kappa shape index (κ1) is 41.4. The Morgan fingerprint density at radius 1 is 1.17 bits per heavy atom. The van der Waals surface area contributed by atoms with Crippen LogP contribution in [0.5, 0.6) is 5.75 Å². The summed E-state index contributed by atoms with van der Waals surface area (Å²) in [6, 6.07) is 11.9. The van der Waals surface area contributed by atoms with E-state index < -0.39 is 27.0 Å². The van der Waals surface area contributed by atoms with Crippen LogP contribution in [0, 0.1) is 17.8 Å². The predicted molar refractivity (Wildman–Crippen MR) is 218 cm³/mol. The van der Waals surface area contributed by atoms with Crippen molar-refractivity contribution in [1.29, 1.82) is 0 Å². The van der Waals surface area contributed by atoms with Gasteiger partial charge >= 0.3 is 5.97 Å². The fourth-order valence-electron chi connectivity index (χ4n) is 8.42. The van der Waals surface area contributed by atoms with E-state index in [1.54, 1.807) is 16.8 Å². The van der Waals surface area contributed by atoms with E-state index in [0.717, 1.165) is 60.7 Å². The van der Waals surface area contributed by atoms with Gasteiger partial charge in [-0.1, -0.05) is 37.6 Å². The van der Waals surface area contributed by atoms with Crippen LogP contribution in [0.1, 0.15) is 102 Å². The zero-order valence-electron chi connectivity index (χ0n) is 32.2. The average Bonchev–Trinajstić information content (AvgIpc) is 3.21. The van der Waals surface area contributed by atoms with Crippen molar-refractivity contribution in [3.05, 3.63) is 69.8 Å². The standard InChI is InChI=1S/C40H59ClN2O6P2S/c1-9-28(20-26(2)19-27(3)52(46,47)43(50-7)51-8)37(44)33-15-12-31(33)23-42-24-40(18-10-11-29-21-32(41)14-16-34(29)40)25-48-36-17-13-30(22-35(36)42)38(45)49-39(4,5)6/h13-14,16-17,20-22,26-27,31,33,37,44,50-51H,9-12,15,18-19,23-25H2,1-8H3/b28-20+/t26?,27?,31-,33+,37-,40-/m0/s1. The SMILES string of the molecule is CC/C(=C\C(C)CC(C)S(=O)(=O)N(PC)PC)[C@H](O)[C@@H]1CC[C@H]1CN1C[C@@]2(CCCc3cc(Cl)ccc32)COc2ccc(C(=O)OC(C)(C)C)cc21. The fourth-order valence-corrected chi connectivity index (χ4v) is 13.5. The summed E-state index contributed by atoms with van der Waals surface area (Å²) >= 11 is 6.47. The molecule has 288 valence electrons. The van der Waals surface area contributed by atoms with Gasteiger partial charge < -0.3 is 19.5 Å². The lowest BCUT2D eigenvalue weighted by atomic mass is 9.67. The number of halogens is 1. The number of allylic oxidation sites excluding steroid dienone is 1. The van der Waals surface area contributed by atoms with Crippen LogP contribution in [-0.4, -0.2) is 73.3 Å². The highest BCUT2D eigenvalue weighted by Gasteiger charge is 2.45. The molecule has 1 fully saturated rings. The van der Waals surface area contributed by atoms with E-state index in [1.165, 1.54) is 11.1 Å². The number of sulfonamides is 1. The second-order valence-electron chi connectivity index (χ2n) is 16.1. The maximum atomic E-state index is 13.3. The van der Waals surface area contributed by atoms with Crippen molar-refractivity contribution in [3.8, 4) is 5.75 Å². The number of aliphatic hydroxyl groups excluding tert-OH is 1. The molecule has 2 aromatic rings. The topological polar surface area (TPSA) is 96.4 Å². The zero-order valence-corrected chi connectivity index (χ0v) is 35.7. The highest BCUT2D eigenvalue weighted by atomic mass is 35.5. The van der Waals surface area contributed by atoms with Gasteiger partial charge in [0, 0.05) is 23.5 Å². The maximum absolute atomic E-state index is 13.3. The Hall–Kier alpha value is -1.73. The summed E-state index contributed by atoms with van der Waals surface area (Å²) in [5, 5.41) is 12.2. The third-order valence-corrected chi connectivity index (χ3v) is 17.9. The Kier molecular flexibility index (Phi) is 13.5. The summed E-state index contributed by atoms with van der Waals surface area (Å²) in [4.78, 5) is 15.7. The Morgan fingerprint density at radius 3 is 2.54 bits per heavy atom. The fraction of sp³-hybridized carbons (Fsp3) is 0.625. The van der Waals surface area contributed by atoms with Gasteiger partial charge in [-0.15, -0.1) is 0 Å². The van der Waals surface area contributed by atoms with Gasteiger partial charge in [0.1, 0.15) is 11.4 Å². The molecule has 1 heterocycles. The molecule has 0 radical (unpaired) electrons. The minimum atomic E-state index is -3.36. The quantitative estimate of drug-likeness (QED) is 0.123. The highest BCUT2D eigenvalue weighted by Crippen LogP contribution is 2.47. The number of esters is 1. The van der Waals surface area contributed by atoms with Gasteiger partial charge in [-0.05, 0) is 168 Å². The van der Waals surface area contributed by atoms with E-state index >= 15 is 0 Å². The van der Waals surface area contributed by atoms with Crippen LogP contribution in [0.25, 0.3) is 0 Å². The number of fused-ring (bicyclic) bond motifs is 3. The molecule has 0 amide bonds.